The zero-order valence-corrected chi connectivity index (χ0v) is 18.0. The number of nitrogens with one attached hydrogen (secondary N) is 1. The van der Waals surface area contributed by atoms with E-state index in [1.807, 2.05) is 30.3 Å². The highest BCUT2D eigenvalue weighted by Gasteiger charge is 2.55. The van der Waals surface area contributed by atoms with Crippen LogP contribution in [-0.4, -0.2) is 23.4 Å². The lowest BCUT2D eigenvalue weighted by Crippen LogP contribution is -2.56. The minimum absolute atomic E-state index is 0.138. The first kappa shape index (κ1) is 22.2. The molecule has 1 aliphatic heterocycles. The molecule has 7 heteroatoms. The number of ketones is 1. The number of carbonyl (C=O) groups excluding carboxylic acids is 3. The van der Waals surface area contributed by atoms with Gasteiger partial charge in [0.05, 0.1) is 12.2 Å². The molecule has 0 spiro atoms. The smallest absolute Gasteiger partial charge is 0.409 e. The average molecular weight is 424 g/mol. The molecule has 2 aromatic rings. The molecule has 0 aromatic heterocycles. The van der Waals surface area contributed by atoms with Crippen molar-refractivity contribution in [2.75, 3.05) is 4.90 Å². The molecular weight excluding hydrogens is 399 g/mol. The average Bonchev–Trinajstić information content (AvgIpc) is 2.89. The van der Waals surface area contributed by atoms with Gasteiger partial charge in [0.1, 0.15) is 11.4 Å². The number of amides is 2. The zero-order valence-electron chi connectivity index (χ0n) is 18.0. The summed E-state index contributed by atoms with van der Waals surface area (Å²) in [4.78, 5) is 40.2. The molecule has 0 saturated heterocycles. The van der Waals surface area contributed by atoms with E-state index in [1.54, 1.807) is 20.8 Å². The first-order valence-electron chi connectivity index (χ1n) is 9.83. The maximum absolute atomic E-state index is 14.3. The summed E-state index contributed by atoms with van der Waals surface area (Å²) in [5, 5.41) is 2.54. The van der Waals surface area contributed by atoms with Crippen LogP contribution in [-0.2, 0) is 26.4 Å². The summed E-state index contributed by atoms with van der Waals surface area (Å²) < 4.78 is 19.6. The van der Waals surface area contributed by atoms with Crippen molar-refractivity contribution in [3.05, 3.63) is 77.6 Å². The van der Waals surface area contributed by atoms with E-state index >= 15 is 0 Å². The van der Waals surface area contributed by atoms with E-state index < -0.39 is 34.7 Å². The van der Waals surface area contributed by atoms with Crippen LogP contribution < -0.4 is 10.2 Å². The van der Waals surface area contributed by atoms with Gasteiger partial charge >= 0.3 is 6.09 Å². The van der Waals surface area contributed by atoms with Gasteiger partial charge in [-0.1, -0.05) is 36.9 Å². The normalized spacial score (nSPS) is 17.8. The number of carbonyl (C=O) groups is 3. The van der Waals surface area contributed by atoms with Gasteiger partial charge in [-0.3, -0.25) is 14.9 Å². The SMILES string of the molecule is C=C(C(C)=O)[C@@]1(NC(=O)OC(C)(C)C)C(=O)N(Cc2ccccc2)c2ccc(F)cc21. The number of ether oxygens (including phenoxy) is 1. The van der Waals surface area contributed by atoms with E-state index in [1.165, 1.54) is 24.0 Å². The van der Waals surface area contributed by atoms with Crippen molar-refractivity contribution in [3.63, 3.8) is 0 Å². The lowest BCUT2D eigenvalue weighted by molar-refractivity contribution is -0.125. The lowest BCUT2D eigenvalue weighted by Gasteiger charge is -2.32. The zero-order chi connectivity index (χ0) is 23.0. The van der Waals surface area contributed by atoms with Crippen LogP contribution in [0.25, 0.3) is 0 Å². The summed E-state index contributed by atoms with van der Waals surface area (Å²) in [6.45, 7) is 10.2. The van der Waals surface area contributed by atoms with Gasteiger partial charge in [0.15, 0.2) is 11.3 Å². The summed E-state index contributed by atoms with van der Waals surface area (Å²) in [6, 6.07) is 13.0. The summed E-state index contributed by atoms with van der Waals surface area (Å²) in [6.07, 6.45) is -0.917. The number of benzene rings is 2. The Hall–Kier alpha value is -3.48. The fourth-order valence-electron chi connectivity index (χ4n) is 3.60. The van der Waals surface area contributed by atoms with Crippen LogP contribution in [0.15, 0.2) is 60.7 Å². The Kier molecular flexibility index (Phi) is 5.72. The van der Waals surface area contributed by atoms with Crippen molar-refractivity contribution < 1.29 is 23.5 Å². The largest absolute Gasteiger partial charge is 0.444 e. The maximum Gasteiger partial charge on any atom is 0.409 e. The van der Waals surface area contributed by atoms with Crippen molar-refractivity contribution in [1.29, 1.82) is 0 Å². The van der Waals surface area contributed by atoms with Gasteiger partial charge in [-0.2, -0.15) is 0 Å². The highest BCUT2D eigenvalue weighted by molar-refractivity contribution is 6.16. The Balaban J connectivity index is 2.16. The Morgan fingerprint density at radius 2 is 1.81 bits per heavy atom. The minimum Gasteiger partial charge on any atom is -0.444 e. The van der Waals surface area contributed by atoms with Crippen LogP contribution >= 0.6 is 0 Å². The molecule has 1 aliphatic rings. The second kappa shape index (κ2) is 7.98. The van der Waals surface area contributed by atoms with Gasteiger partial charge < -0.3 is 9.64 Å². The van der Waals surface area contributed by atoms with Gasteiger partial charge in [-0.15, -0.1) is 0 Å². The number of hydrogen-bond donors (Lipinski definition) is 1. The molecule has 0 fully saturated rings. The number of rotatable bonds is 5. The summed E-state index contributed by atoms with van der Waals surface area (Å²) >= 11 is 0. The van der Waals surface area contributed by atoms with Crippen molar-refractivity contribution in [2.45, 2.75) is 45.4 Å². The molecule has 31 heavy (non-hydrogen) atoms. The third-order valence-electron chi connectivity index (χ3n) is 4.97. The molecule has 1 heterocycles. The van der Waals surface area contributed by atoms with Crippen molar-refractivity contribution in [2.24, 2.45) is 0 Å². The molecule has 2 amide bonds. The Labute approximate surface area is 180 Å². The van der Waals surface area contributed by atoms with Gasteiger partial charge in [0.25, 0.3) is 5.91 Å². The van der Waals surface area contributed by atoms with E-state index in [2.05, 4.69) is 11.9 Å². The van der Waals surface area contributed by atoms with E-state index in [-0.39, 0.29) is 17.7 Å². The van der Waals surface area contributed by atoms with Crippen molar-refractivity contribution in [1.82, 2.24) is 5.32 Å². The topological polar surface area (TPSA) is 75.7 Å². The Morgan fingerprint density at radius 3 is 2.39 bits per heavy atom. The molecule has 0 aliphatic carbocycles. The summed E-state index contributed by atoms with van der Waals surface area (Å²) in [5.74, 6) is -1.73. The molecular formula is C24H25FN2O4. The predicted octanol–water partition coefficient (Wildman–Crippen LogP) is 4.24. The summed E-state index contributed by atoms with van der Waals surface area (Å²) in [5.41, 5.74) is -1.65. The number of alkyl carbamates (subject to hydrolysis) is 1. The highest BCUT2D eigenvalue weighted by atomic mass is 19.1. The third kappa shape index (κ3) is 4.21. The van der Waals surface area contributed by atoms with Crippen LogP contribution in [0.5, 0.6) is 0 Å². The predicted molar refractivity (Wildman–Crippen MR) is 115 cm³/mol. The van der Waals surface area contributed by atoms with E-state index in [0.717, 1.165) is 11.6 Å². The number of fused-ring (bicyclic) bond motifs is 1. The van der Waals surface area contributed by atoms with E-state index in [9.17, 15) is 18.8 Å². The highest BCUT2D eigenvalue weighted by Crippen LogP contribution is 2.45. The standard InChI is InChI=1S/C24H25FN2O4/c1-15(16(2)28)24(26-22(30)31-23(3,4)5)19-13-18(25)11-12-20(19)27(21(24)29)14-17-9-7-6-8-10-17/h6-13H,1,14H2,2-5H3,(H,26,30)/t24-/m0/s1. The molecule has 162 valence electrons. The quantitative estimate of drug-likeness (QED) is 0.729. The van der Waals surface area contributed by atoms with E-state index in [4.69, 9.17) is 4.74 Å². The number of hydrogen-bond acceptors (Lipinski definition) is 4. The Bertz CT molecular complexity index is 1060. The van der Waals surface area contributed by atoms with Gasteiger partial charge in [-0.25, -0.2) is 9.18 Å². The van der Waals surface area contributed by atoms with Crippen LogP contribution in [0.2, 0.25) is 0 Å². The minimum atomic E-state index is -1.97. The Morgan fingerprint density at radius 1 is 1.16 bits per heavy atom. The number of nitrogens with zero attached hydrogens (tertiary/aromatic N) is 1. The lowest BCUT2D eigenvalue weighted by atomic mass is 9.82. The van der Waals surface area contributed by atoms with Gasteiger partial charge in [-0.05, 0) is 51.5 Å². The molecule has 1 N–H and O–H groups in total. The fraction of sp³-hybridized carbons (Fsp3) is 0.292. The van der Waals surface area contributed by atoms with Gasteiger partial charge in [0, 0.05) is 11.1 Å². The second-order valence-electron chi connectivity index (χ2n) is 8.45. The van der Waals surface area contributed by atoms with Crippen molar-refractivity contribution in [3.8, 4) is 0 Å². The number of anilines is 1. The fourth-order valence-corrected chi connectivity index (χ4v) is 3.60. The molecule has 3 rings (SSSR count). The second-order valence-corrected chi connectivity index (χ2v) is 8.45. The molecule has 6 nitrogen and oxygen atoms in total. The van der Waals surface area contributed by atoms with Crippen molar-refractivity contribution >= 4 is 23.5 Å². The number of halogens is 1. The monoisotopic (exact) mass is 424 g/mol. The van der Waals surface area contributed by atoms with E-state index in [0.29, 0.717) is 5.69 Å². The summed E-state index contributed by atoms with van der Waals surface area (Å²) in [7, 11) is 0. The molecule has 0 saturated carbocycles. The maximum atomic E-state index is 14.3. The van der Waals surface area contributed by atoms with Crippen LogP contribution in [0.4, 0.5) is 14.9 Å². The first-order valence-corrected chi connectivity index (χ1v) is 9.83. The molecule has 0 unspecified atom stereocenters. The molecule has 1 atom stereocenters. The third-order valence-corrected chi connectivity index (χ3v) is 4.97. The molecule has 0 radical (unpaired) electrons. The van der Waals surface area contributed by atoms with Crippen LogP contribution in [0.3, 0.4) is 0 Å². The molecule has 2 aromatic carbocycles. The first-order chi connectivity index (χ1) is 14.5. The molecule has 0 bridgehead atoms. The number of Topliss-reactive ketones (excluding diaryl/α,β-unsaturated/α-hetero) is 1. The van der Waals surface area contributed by atoms with Crippen LogP contribution in [0.1, 0.15) is 38.8 Å². The van der Waals surface area contributed by atoms with Crippen LogP contribution in [0, 0.1) is 5.82 Å². The van der Waals surface area contributed by atoms with Gasteiger partial charge in [0.2, 0.25) is 0 Å².